The molecule has 0 saturated heterocycles. The summed E-state index contributed by atoms with van der Waals surface area (Å²) in [7, 11) is 0. The van der Waals surface area contributed by atoms with Crippen LogP contribution >= 0.6 is 0 Å². The molecule has 0 fully saturated rings. The molecule has 1 aromatic rings. The lowest BCUT2D eigenvalue weighted by molar-refractivity contribution is 0.287. The molecule has 3 heteroatoms. The molecule has 15 heavy (non-hydrogen) atoms. The highest BCUT2D eigenvalue weighted by atomic mass is 16.5. The van der Waals surface area contributed by atoms with Crippen molar-refractivity contribution >= 4 is 0 Å². The first-order chi connectivity index (χ1) is 7.19. The van der Waals surface area contributed by atoms with Gasteiger partial charge in [0.15, 0.2) is 11.5 Å². The van der Waals surface area contributed by atoms with Gasteiger partial charge in [-0.15, -0.1) is 0 Å². The summed E-state index contributed by atoms with van der Waals surface area (Å²) in [5.74, 6) is 1.55. The number of hydrogen-bond acceptors (Lipinski definition) is 3. The molecule has 1 unspecified atom stereocenters. The zero-order valence-electron chi connectivity index (χ0n) is 9.62. The highest BCUT2D eigenvalue weighted by Crippen LogP contribution is 2.30. The van der Waals surface area contributed by atoms with E-state index in [0.29, 0.717) is 13.2 Å². The Labute approximate surface area is 91.2 Å². The third-order valence-electron chi connectivity index (χ3n) is 2.09. The third-order valence-corrected chi connectivity index (χ3v) is 2.09. The fraction of sp³-hybridized carbons (Fsp3) is 0.500. The fourth-order valence-corrected chi connectivity index (χ4v) is 1.35. The SMILES string of the molecule is CCOc1ccc(C(C)N)cc1OCC. The van der Waals surface area contributed by atoms with Crippen molar-refractivity contribution in [1.82, 2.24) is 0 Å². The molecular formula is C12H19NO2. The molecule has 0 radical (unpaired) electrons. The number of hydrogen-bond donors (Lipinski definition) is 1. The summed E-state index contributed by atoms with van der Waals surface area (Å²) >= 11 is 0. The zero-order valence-corrected chi connectivity index (χ0v) is 9.62. The second kappa shape index (κ2) is 5.61. The average Bonchev–Trinajstić information content (AvgIpc) is 2.21. The van der Waals surface area contributed by atoms with E-state index in [1.54, 1.807) is 0 Å². The molecule has 0 aromatic heterocycles. The molecular weight excluding hydrogens is 190 g/mol. The molecule has 0 aliphatic carbocycles. The van der Waals surface area contributed by atoms with Crippen LogP contribution in [0.2, 0.25) is 0 Å². The quantitative estimate of drug-likeness (QED) is 0.810. The van der Waals surface area contributed by atoms with E-state index < -0.39 is 0 Å². The Kier molecular flexibility index (Phi) is 4.43. The van der Waals surface area contributed by atoms with E-state index >= 15 is 0 Å². The van der Waals surface area contributed by atoms with Gasteiger partial charge in [0, 0.05) is 6.04 Å². The molecule has 1 aromatic carbocycles. The first-order valence-electron chi connectivity index (χ1n) is 5.34. The van der Waals surface area contributed by atoms with Gasteiger partial charge in [-0.2, -0.15) is 0 Å². The Bertz CT molecular complexity index is 310. The van der Waals surface area contributed by atoms with E-state index in [1.807, 2.05) is 39.0 Å². The van der Waals surface area contributed by atoms with Gasteiger partial charge < -0.3 is 15.2 Å². The Balaban J connectivity index is 2.97. The number of benzene rings is 1. The minimum Gasteiger partial charge on any atom is -0.490 e. The third kappa shape index (κ3) is 3.13. The topological polar surface area (TPSA) is 44.5 Å². The monoisotopic (exact) mass is 209 g/mol. The van der Waals surface area contributed by atoms with Crippen LogP contribution in [0.3, 0.4) is 0 Å². The molecule has 1 atom stereocenters. The molecule has 0 heterocycles. The molecule has 0 amide bonds. The summed E-state index contributed by atoms with van der Waals surface area (Å²) in [5, 5.41) is 0. The predicted octanol–water partition coefficient (Wildman–Crippen LogP) is 2.50. The van der Waals surface area contributed by atoms with Crippen LogP contribution in [0.1, 0.15) is 32.4 Å². The van der Waals surface area contributed by atoms with Crippen LogP contribution in [-0.2, 0) is 0 Å². The Hall–Kier alpha value is -1.22. The van der Waals surface area contributed by atoms with E-state index in [4.69, 9.17) is 15.2 Å². The summed E-state index contributed by atoms with van der Waals surface area (Å²) < 4.78 is 11.0. The van der Waals surface area contributed by atoms with Crippen molar-refractivity contribution in [3.63, 3.8) is 0 Å². The molecule has 0 saturated carbocycles. The van der Waals surface area contributed by atoms with E-state index in [2.05, 4.69) is 0 Å². The van der Waals surface area contributed by atoms with Crippen molar-refractivity contribution in [3.8, 4) is 11.5 Å². The molecule has 0 aliphatic heterocycles. The van der Waals surface area contributed by atoms with Crippen molar-refractivity contribution in [3.05, 3.63) is 23.8 Å². The largest absolute Gasteiger partial charge is 0.490 e. The molecule has 0 aliphatic rings. The van der Waals surface area contributed by atoms with Crippen LogP contribution in [0.4, 0.5) is 0 Å². The van der Waals surface area contributed by atoms with Crippen LogP contribution in [0.15, 0.2) is 18.2 Å². The van der Waals surface area contributed by atoms with Gasteiger partial charge in [0.1, 0.15) is 0 Å². The van der Waals surface area contributed by atoms with Crippen LogP contribution in [0, 0.1) is 0 Å². The Morgan fingerprint density at radius 3 is 2.27 bits per heavy atom. The van der Waals surface area contributed by atoms with Gasteiger partial charge in [0.2, 0.25) is 0 Å². The van der Waals surface area contributed by atoms with E-state index in [0.717, 1.165) is 17.1 Å². The smallest absolute Gasteiger partial charge is 0.161 e. The maximum absolute atomic E-state index is 5.81. The first-order valence-corrected chi connectivity index (χ1v) is 5.34. The van der Waals surface area contributed by atoms with Crippen LogP contribution in [0.5, 0.6) is 11.5 Å². The molecule has 3 nitrogen and oxygen atoms in total. The van der Waals surface area contributed by atoms with Crippen LogP contribution in [0.25, 0.3) is 0 Å². The van der Waals surface area contributed by atoms with E-state index in [9.17, 15) is 0 Å². The van der Waals surface area contributed by atoms with Crippen LogP contribution < -0.4 is 15.2 Å². The van der Waals surface area contributed by atoms with E-state index in [-0.39, 0.29) is 6.04 Å². The molecule has 84 valence electrons. The predicted molar refractivity (Wildman–Crippen MR) is 61.4 cm³/mol. The summed E-state index contributed by atoms with van der Waals surface area (Å²) in [6.07, 6.45) is 0. The van der Waals surface area contributed by atoms with Gasteiger partial charge in [0.05, 0.1) is 13.2 Å². The standard InChI is InChI=1S/C12H19NO2/c1-4-14-11-7-6-10(9(3)13)8-12(11)15-5-2/h6-9H,4-5,13H2,1-3H3. The second-order valence-electron chi connectivity index (χ2n) is 3.36. The van der Waals surface area contributed by atoms with Crippen molar-refractivity contribution in [2.45, 2.75) is 26.8 Å². The fourth-order valence-electron chi connectivity index (χ4n) is 1.35. The van der Waals surface area contributed by atoms with E-state index in [1.165, 1.54) is 0 Å². The van der Waals surface area contributed by atoms with Gasteiger partial charge >= 0.3 is 0 Å². The highest BCUT2D eigenvalue weighted by molar-refractivity contribution is 5.43. The Morgan fingerprint density at radius 2 is 1.73 bits per heavy atom. The molecule has 0 bridgehead atoms. The first kappa shape index (κ1) is 11.9. The molecule has 1 rings (SSSR count). The number of nitrogens with two attached hydrogens (primary N) is 1. The normalized spacial score (nSPS) is 12.3. The highest BCUT2D eigenvalue weighted by Gasteiger charge is 2.07. The van der Waals surface area contributed by atoms with Gasteiger partial charge in [-0.25, -0.2) is 0 Å². The van der Waals surface area contributed by atoms with Gasteiger partial charge in [-0.1, -0.05) is 6.07 Å². The van der Waals surface area contributed by atoms with Crippen molar-refractivity contribution in [2.75, 3.05) is 13.2 Å². The lowest BCUT2D eigenvalue weighted by Gasteiger charge is -2.13. The van der Waals surface area contributed by atoms with Crippen LogP contribution in [-0.4, -0.2) is 13.2 Å². The van der Waals surface area contributed by atoms with Gasteiger partial charge in [-0.05, 0) is 38.5 Å². The molecule has 0 spiro atoms. The van der Waals surface area contributed by atoms with Crippen molar-refractivity contribution in [1.29, 1.82) is 0 Å². The lowest BCUT2D eigenvalue weighted by Crippen LogP contribution is -2.06. The van der Waals surface area contributed by atoms with Crippen molar-refractivity contribution in [2.24, 2.45) is 5.73 Å². The van der Waals surface area contributed by atoms with Crippen molar-refractivity contribution < 1.29 is 9.47 Å². The second-order valence-corrected chi connectivity index (χ2v) is 3.36. The Morgan fingerprint density at radius 1 is 1.13 bits per heavy atom. The maximum atomic E-state index is 5.81. The average molecular weight is 209 g/mol. The summed E-state index contributed by atoms with van der Waals surface area (Å²) in [5.41, 5.74) is 6.86. The summed E-state index contributed by atoms with van der Waals surface area (Å²) in [6.45, 7) is 7.12. The number of ether oxygens (including phenoxy) is 2. The zero-order chi connectivity index (χ0) is 11.3. The summed E-state index contributed by atoms with van der Waals surface area (Å²) in [6, 6.07) is 5.84. The van der Waals surface area contributed by atoms with Gasteiger partial charge in [-0.3, -0.25) is 0 Å². The van der Waals surface area contributed by atoms with Gasteiger partial charge in [0.25, 0.3) is 0 Å². The minimum atomic E-state index is 0.0138. The molecule has 2 N–H and O–H groups in total. The minimum absolute atomic E-state index is 0.0138. The summed E-state index contributed by atoms with van der Waals surface area (Å²) in [4.78, 5) is 0. The maximum Gasteiger partial charge on any atom is 0.161 e. The lowest BCUT2D eigenvalue weighted by atomic mass is 10.1. The number of rotatable bonds is 5.